The Labute approximate surface area is 119 Å². The Bertz CT molecular complexity index is 518. The van der Waals surface area contributed by atoms with E-state index in [2.05, 4.69) is 13.8 Å². The van der Waals surface area contributed by atoms with Crippen LogP contribution < -0.4 is 9.47 Å². The van der Waals surface area contributed by atoms with E-state index in [0.717, 1.165) is 31.7 Å². The molecule has 0 bridgehead atoms. The van der Waals surface area contributed by atoms with Crippen LogP contribution in [-0.4, -0.2) is 37.1 Å². The zero-order valence-electron chi connectivity index (χ0n) is 12.1. The Morgan fingerprint density at radius 2 is 1.75 bits per heavy atom. The zero-order chi connectivity index (χ0) is 14.2. The van der Waals surface area contributed by atoms with Gasteiger partial charge in [0.1, 0.15) is 0 Å². The first-order valence-electron chi connectivity index (χ1n) is 7.24. The van der Waals surface area contributed by atoms with E-state index < -0.39 is 0 Å². The van der Waals surface area contributed by atoms with Crippen LogP contribution in [0, 0.1) is 5.41 Å². The van der Waals surface area contributed by atoms with Crippen molar-refractivity contribution in [2.45, 2.75) is 26.7 Å². The van der Waals surface area contributed by atoms with E-state index in [1.165, 1.54) is 0 Å². The molecular weight excluding hydrogens is 254 g/mol. The number of benzene rings is 1. The highest BCUT2D eigenvalue weighted by Crippen LogP contribution is 2.34. The fourth-order valence-electron chi connectivity index (χ4n) is 2.56. The van der Waals surface area contributed by atoms with Crippen molar-refractivity contribution in [3.05, 3.63) is 23.8 Å². The maximum Gasteiger partial charge on any atom is 0.253 e. The molecule has 0 saturated carbocycles. The third-order valence-electron chi connectivity index (χ3n) is 3.82. The molecule has 0 aromatic heterocycles. The van der Waals surface area contributed by atoms with E-state index in [4.69, 9.17) is 9.47 Å². The van der Waals surface area contributed by atoms with Gasteiger partial charge in [0.2, 0.25) is 0 Å². The van der Waals surface area contributed by atoms with Crippen molar-refractivity contribution in [2.24, 2.45) is 5.41 Å². The van der Waals surface area contributed by atoms with Crippen LogP contribution in [0.4, 0.5) is 0 Å². The minimum atomic E-state index is -0.0157. The summed E-state index contributed by atoms with van der Waals surface area (Å²) in [4.78, 5) is 14.3. The van der Waals surface area contributed by atoms with Gasteiger partial charge in [-0.25, -0.2) is 0 Å². The number of hydrogen-bond acceptors (Lipinski definition) is 3. The van der Waals surface area contributed by atoms with Gasteiger partial charge in [-0.1, -0.05) is 13.8 Å². The lowest BCUT2D eigenvalue weighted by atomic mass is 9.97. The Balaban J connectivity index is 1.82. The molecule has 3 rings (SSSR count). The van der Waals surface area contributed by atoms with Gasteiger partial charge in [-0.2, -0.15) is 0 Å². The quantitative estimate of drug-likeness (QED) is 0.791. The summed E-state index contributed by atoms with van der Waals surface area (Å²) in [7, 11) is 0. The van der Waals surface area contributed by atoms with Gasteiger partial charge in [-0.15, -0.1) is 0 Å². The lowest BCUT2D eigenvalue weighted by molar-refractivity contribution is 0.0792. The molecule has 1 amide bonds. The fraction of sp³-hybridized carbons (Fsp3) is 0.562. The average Bonchev–Trinajstić information content (AvgIpc) is 2.92. The third-order valence-corrected chi connectivity index (χ3v) is 3.82. The lowest BCUT2D eigenvalue weighted by Crippen LogP contribution is -2.27. The van der Waals surface area contributed by atoms with E-state index in [0.29, 0.717) is 24.5 Å². The largest absolute Gasteiger partial charge is 0.489 e. The number of carbonyl (C=O) groups excluding carboxylic acids is 1. The predicted molar refractivity (Wildman–Crippen MR) is 76.4 cm³/mol. The summed E-state index contributed by atoms with van der Waals surface area (Å²) in [5.41, 5.74) is 0.673. The van der Waals surface area contributed by atoms with Crippen LogP contribution in [0.1, 0.15) is 37.0 Å². The number of carbonyl (C=O) groups is 1. The van der Waals surface area contributed by atoms with E-state index in [-0.39, 0.29) is 11.3 Å². The molecule has 2 aliphatic heterocycles. The van der Waals surface area contributed by atoms with Crippen LogP contribution in [0.15, 0.2) is 18.2 Å². The summed E-state index contributed by atoms with van der Waals surface area (Å²) >= 11 is 0. The average molecular weight is 275 g/mol. The molecule has 0 atom stereocenters. The molecule has 0 radical (unpaired) electrons. The molecule has 20 heavy (non-hydrogen) atoms. The SMILES string of the molecule is CC1(C)COc2ccc(C(=O)N3CCCC3)cc2OC1. The van der Waals surface area contributed by atoms with Crippen molar-refractivity contribution in [2.75, 3.05) is 26.3 Å². The van der Waals surface area contributed by atoms with Crippen molar-refractivity contribution in [1.82, 2.24) is 4.90 Å². The number of nitrogens with zero attached hydrogens (tertiary/aromatic N) is 1. The lowest BCUT2D eigenvalue weighted by Gasteiger charge is -2.19. The second-order valence-electron chi connectivity index (χ2n) is 6.40. The van der Waals surface area contributed by atoms with Crippen molar-refractivity contribution in [3.8, 4) is 11.5 Å². The summed E-state index contributed by atoms with van der Waals surface area (Å²) in [6.45, 7) is 7.16. The number of likely N-dealkylation sites (tertiary alicyclic amines) is 1. The first kappa shape index (κ1) is 13.3. The number of hydrogen-bond donors (Lipinski definition) is 0. The summed E-state index contributed by atoms with van der Waals surface area (Å²) in [5.74, 6) is 1.51. The van der Waals surface area contributed by atoms with E-state index >= 15 is 0 Å². The third kappa shape index (κ3) is 2.60. The summed E-state index contributed by atoms with van der Waals surface area (Å²) in [6, 6.07) is 5.50. The van der Waals surface area contributed by atoms with Crippen LogP contribution in [-0.2, 0) is 0 Å². The molecular formula is C16H21NO3. The van der Waals surface area contributed by atoms with Gasteiger partial charge in [0.15, 0.2) is 11.5 Å². The highest BCUT2D eigenvalue weighted by molar-refractivity contribution is 5.95. The summed E-state index contributed by atoms with van der Waals surface area (Å²) < 4.78 is 11.6. The van der Waals surface area contributed by atoms with Crippen LogP contribution in [0.2, 0.25) is 0 Å². The number of rotatable bonds is 1. The minimum Gasteiger partial charge on any atom is -0.489 e. The van der Waals surface area contributed by atoms with E-state index in [1.807, 2.05) is 23.1 Å². The van der Waals surface area contributed by atoms with E-state index in [1.54, 1.807) is 0 Å². The van der Waals surface area contributed by atoms with Crippen molar-refractivity contribution >= 4 is 5.91 Å². The van der Waals surface area contributed by atoms with E-state index in [9.17, 15) is 4.79 Å². The molecule has 0 aliphatic carbocycles. The Kier molecular flexibility index (Phi) is 3.32. The number of fused-ring (bicyclic) bond motifs is 1. The monoisotopic (exact) mass is 275 g/mol. The van der Waals surface area contributed by atoms with Gasteiger partial charge < -0.3 is 14.4 Å². The minimum absolute atomic E-state index is 0.0157. The Morgan fingerprint density at radius 3 is 2.45 bits per heavy atom. The van der Waals surface area contributed by atoms with Crippen molar-refractivity contribution in [1.29, 1.82) is 0 Å². The molecule has 1 saturated heterocycles. The molecule has 4 nitrogen and oxygen atoms in total. The van der Waals surface area contributed by atoms with Gasteiger partial charge in [0.05, 0.1) is 13.2 Å². The highest BCUT2D eigenvalue weighted by Gasteiger charge is 2.26. The molecule has 0 N–H and O–H groups in total. The summed E-state index contributed by atoms with van der Waals surface area (Å²) in [6.07, 6.45) is 2.20. The zero-order valence-corrected chi connectivity index (χ0v) is 12.1. The molecule has 4 heteroatoms. The Hall–Kier alpha value is -1.71. The first-order valence-corrected chi connectivity index (χ1v) is 7.24. The molecule has 2 aliphatic rings. The van der Waals surface area contributed by atoms with Gasteiger partial charge >= 0.3 is 0 Å². The van der Waals surface area contributed by atoms with Gasteiger partial charge in [0, 0.05) is 24.1 Å². The number of amides is 1. The molecule has 2 heterocycles. The topological polar surface area (TPSA) is 38.8 Å². The molecule has 108 valence electrons. The second-order valence-corrected chi connectivity index (χ2v) is 6.40. The van der Waals surface area contributed by atoms with Crippen LogP contribution in [0.3, 0.4) is 0 Å². The normalized spacial score (nSPS) is 20.6. The molecule has 0 spiro atoms. The molecule has 1 aromatic carbocycles. The van der Waals surface area contributed by atoms with Gasteiger partial charge in [0.25, 0.3) is 5.91 Å². The standard InChI is InChI=1S/C16H21NO3/c1-16(2)10-19-13-6-5-12(9-14(13)20-11-16)15(18)17-7-3-4-8-17/h5-6,9H,3-4,7-8,10-11H2,1-2H3. The highest BCUT2D eigenvalue weighted by atomic mass is 16.5. The van der Waals surface area contributed by atoms with Gasteiger partial charge in [-0.3, -0.25) is 4.79 Å². The van der Waals surface area contributed by atoms with Crippen molar-refractivity contribution < 1.29 is 14.3 Å². The first-order chi connectivity index (χ1) is 9.55. The fourth-order valence-corrected chi connectivity index (χ4v) is 2.56. The van der Waals surface area contributed by atoms with Gasteiger partial charge in [-0.05, 0) is 31.0 Å². The number of ether oxygens (including phenoxy) is 2. The summed E-state index contributed by atoms with van der Waals surface area (Å²) in [5, 5.41) is 0. The second kappa shape index (κ2) is 5.00. The predicted octanol–water partition coefficient (Wildman–Crippen LogP) is 2.72. The van der Waals surface area contributed by atoms with Crippen molar-refractivity contribution in [3.63, 3.8) is 0 Å². The molecule has 1 aromatic rings. The molecule has 0 unspecified atom stereocenters. The smallest absolute Gasteiger partial charge is 0.253 e. The maximum absolute atomic E-state index is 12.4. The Morgan fingerprint density at radius 1 is 1.10 bits per heavy atom. The van der Waals surface area contributed by atoms with Crippen LogP contribution >= 0.6 is 0 Å². The maximum atomic E-state index is 12.4. The molecule has 1 fully saturated rings. The van der Waals surface area contributed by atoms with Crippen LogP contribution in [0.5, 0.6) is 11.5 Å². The van der Waals surface area contributed by atoms with Crippen LogP contribution in [0.25, 0.3) is 0 Å².